The van der Waals surface area contributed by atoms with Crippen LogP contribution in [-0.4, -0.2) is 50.1 Å². The molecule has 0 aromatic carbocycles. The van der Waals surface area contributed by atoms with Crippen molar-refractivity contribution in [2.24, 2.45) is 0 Å². The summed E-state index contributed by atoms with van der Waals surface area (Å²) in [5.41, 5.74) is 0. The zero-order chi connectivity index (χ0) is 12.3. The summed E-state index contributed by atoms with van der Waals surface area (Å²) in [5, 5.41) is 8.95. The molecule has 4 nitrogen and oxygen atoms in total. The molecule has 1 aliphatic rings. The van der Waals surface area contributed by atoms with Crippen LogP contribution in [0.3, 0.4) is 0 Å². The van der Waals surface area contributed by atoms with Crippen LogP contribution in [0.15, 0.2) is 0 Å². The van der Waals surface area contributed by atoms with Gasteiger partial charge in [-0.3, -0.25) is 4.79 Å². The van der Waals surface area contributed by atoms with Crippen LogP contribution in [0.2, 0.25) is 0 Å². The van der Waals surface area contributed by atoms with Gasteiger partial charge in [0.05, 0.1) is 11.6 Å². The summed E-state index contributed by atoms with van der Waals surface area (Å²) >= 11 is 3.04. The normalized spacial score (nSPS) is 21.2. The Bertz CT molecular complexity index is 288. The summed E-state index contributed by atoms with van der Waals surface area (Å²) in [7, 11) is 0. The van der Waals surface area contributed by atoms with Crippen LogP contribution in [0.5, 0.6) is 0 Å². The van der Waals surface area contributed by atoms with Crippen LogP contribution in [0.4, 0.5) is 0 Å². The lowest BCUT2D eigenvalue weighted by molar-refractivity contribution is -0.146. The van der Waals surface area contributed by atoms with Gasteiger partial charge in [-0.05, 0) is 0 Å². The van der Waals surface area contributed by atoms with Crippen LogP contribution in [0.25, 0.3) is 0 Å². The molecule has 0 aromatic rings. The molecule has 1 atom stereocenters. The van der Waals surface area contributed by atoms with Gasteiger partial charge in [-0.15, -0.1) is 23.5 Å². The van der Waals surface area contributed by atoms with Gasteiger partial charge in [0.1, 0.15) is 6.04 Å². The molecule has 1 aliphatic heterocycles. The third-order valence-corrected chi connectivity index (χ3v) is 4.39. The molecule has 1 rings (SSSR count). The zero-order valence-electron chi connectivity index (χ0n) is 9.73. The molecule has 0 bridgehead atoms. The zero-order valence-corrected chi connectivity index (χ0v) is 11.4. The second kappa shape index (κ2) is 5.31. The van der Waals surface area contributed by atoms with Crippen LogP contribution in [0, 0.1) is 0 Å². The number of thioether (sulfide) groups is 2. The van der Waals surface area contributed by atoms with Crippen molar-refractivity contribution in [3.05, 3.63) is 0 Å². The Labute approximate surface area is 104 Å². The van der Waals surface area contributed by atoms with Gasteiger partial charge in [0.2, 0.25) is 5.91 Å². The van der Waals surface area contributed by atoms with Crippen LogP contribution < -0.4 is 0 Å². The second-order valence-corrected chi connectivity index (χ2v) is 7.42. The summed E-state index contributed by atoms with van der Waals surface area (Å²) in [6, 6.07) is -0.641. The Balaban J connectivity index is 2.50. The topological polar surface area (TPSA) is 57.6 Å². The highest BCUT2D eigenvalue weighted by atomic mass is 32.2. The number of carboxylic acids is 1. The maximum absolute atomic E-state index is 11.8. The standard InChI is InChI=1S/C10H17NO3S2/c1-10(2,3)16-5-8(12)11-6-15-4-7(11)9(13)14/h7H,4-6H2,1-3H3,(H,13,14)/t7-/m0/s1. The number of hydrogen-bond donors (Lipinski definition) is 1. The van der Waals surface area contributed by atoms with Crippen molar-refractivity contribution in [2.45, 2.75) is 31.6 Å². The van der Waals surface area contributed by atoms with E-state index in [0.717, 1.165) is 0 Å². The summed E-state index contributed by atoms with van der Waals surface area (Å²) < 4.78 is 0.0290. The van der Waals surface area contributed by atoms with Gasteiger partial charge in [0, 0.05) is 10.5 Å². The molecule has 0 saturated carbocycles. The molecule has 92 valence electrons. The Hall–Kier alpha value is -0.360. The quantitative estimate of drug-likeness (QED) is 0.836. The van der Waals surface area contributed by atoms with Gasteiger partial charge in [-0.1, -0.05) is 20.8 Å². The summed E-state index contributed by atoms with van der Waals surface area (Å²) in [5.74, 6) is 0.381. The number of aliphatic carboxylic acids is 1. The number of carboxylic acid groups (broad SMARTS) is 1. The molecule has 1 N–H and O–H groups in total. The fraction of sp³-hybridized carbons (Fsp3) is 0.800. The van der Waals surface area contributed by atoms with E-state index in [0.29, 0.717) is 17.4 Å². The molecule has 1 amide bonds. The minimum absolute atomic E-state index is 0.0290. The fourth-order valence-corrected chi connectivity index (χ4v) is 3.15. The minimum atomic E-state index is -0.904. The van der Waals surface area contributed by atoms with Gasteiger partial charge < -0.3 is 10.0 Å². The van der Waals surface area contributed by atoms with Gasteiger partial charge in [-0.2, -0.15) is 0 Å². The maximum Gasteiger partial charge on any atom is 0.327 e. The van der Waals surface area contributed by atoms with Crippen molar-refractivity contribution in [1.82, 2.24) is 4.90 Å². The highest BCUT2D eigenvalue weighted by molar-refractivity contribution is 8.01. The lowest BCUT2D eigenvalue weighted by Crippen LogP contribution is -2.43. The van der Waals surface area contributed by atoms with E-state index in [9.17, 15) is 9.59 Å². The second-order valence-electron chi connectivity index (χ2n) is 4.62. The van der Waals surface area contributed by atoms with Crippen molar-refractivity contribution in [3.8, 4) is 0 Å². The molecule has 0 aliphatic carbocycles. The highest BCUT2D eigenvalue weighted by Gasteiger charge is 2.34. The number of hydrogen-bond acceptors (Lipinski definition) is 4. The first-order valence-corrected chi connectivity index (χ1v) is 7.19. The molecular formula is C10H17NO3S2. The molecule has 1 fully saturated rings. The molecule has 1 saturated heterocycles. The number of carbonyl (C=O) groups excluding carboxylic acids is 1. The first-order valence-electron chi connectivity index (χ1n) is 5.05. The molecule has 0 spiro atoms. The average molecular weight is 263 g/mol. The van der Waals surface area contributed by atoms with Crippen LogP contribution in [0.1, 0.15) is 20.8 Å². The Kier molecular flexibility index (Phi) is 4.55. The van der Waals surface area contributed by atoms with E-state index in [1.165, 1.54) is 16.7 Å². The highest BCUT2D eigenvalue weighted by Crippen LogP contribution is 2.26. The van der Waals surface area contributed by atoms with Gasteiger partial charge in [0.15, 0.2) is 0 Å². The predicted molar refractivity (Wildman–Crippen MR) is 67.8 cm³/mol. The SMILES string of the molecule is CC(C)(C)SCC(=O)N1CSC[C@H]1C(=O)O. The van der Waals surface area contributed by atoms with E-state index < -0.39 is 12.0 Å². The van der Waals surface area contributed by atoms with Gasteiger partial charge in [0.25, 0.3) is 0 Å². The Morgan fingerprint density at radius 3 is 2.62 bits per heavy atom. The number of rotatable bonds is 3. The predicted octanol–water partition coefficient (Wildman–Crippen LogP) is 1.50. The Morgan fingerprint density at radius 1 is 1.50 bits per heavy atom. The maximum atomic E-state index is 11.8. The van der Waals surface area contributed by atoms with Crippen molar-refractivity contribution in [1.29, 1.82) is 0 Å². The van der Waals surface area contributed by atoms with E-state index in [1.54, 1.807) is 11.8 Å². The lowest BCUT2D eigenvalue weighted by Gasteiger charge is -2.23. The smallest absolute Gasteiger partial charge is 0.327 e. The first-order chi connectivity index (χ1) is 7.31. The molecule has 16 heavy (non-hydrogen) atoms. The van der Waals surface area contributed by atoms with Crippen molar-refractivity contribution in [2.75, 3.05) is 17.4 Å². The summed E-state index contributed by atoms with van der Waals surface area (Å²) in [4.78, 5) is 24.2. The third kappa shape index (κ3) is 3.90. The molecule has 1 heterocycles. The van der Waals surface area contributed by atoms with E-state index >= 15 is 0 Å². The number of carbonyl (C=O) groups is 2. The van der Waals surface area contributed by atoms with Crippen LogP contribution in [-0.2, 0) is 9.59 Å². The molecule has 6 heteroatoms. The van der Waals surface area contributed by atoms with E-state index in [1.807, 2.05) is 20.8 Å². The van der Waals surface area contributed by atoms with Crippen molar-refractivity contribution in [3.63, 3.8) is 0 Å². The van der Waals surface area contributed by atoms with Crippen molar-refractivity contribution < 1.29 is 14.7 Å². The Morgan fingerprint density at radius 2 is 2.12 bits per heavy atom. The molecule has 0 aromatic heterocycles. The van der Waals surface area contributed by atoms with E-state index in [4.69, 9.17) is 5.11 Å². The first kappa shape index (κ1) is 13.7. The number of nitrogens with zero attached hydrogens (tertiary/aromatic N) is 1. The van der Waals surface area contributed by atoms with Crippen molar-refractivity contribution >= 4 is 35.4 Å². The number of amides is 1. The fourth-order valence-electron chi connectivity index (χ4n) is 1.25. The lowest BCUT2D eigenvalue weighted by atomic mass is 10.3. The largest absolute Gasteiger partial charge is 0.480 e. The minimum Gasteiger partial charge on any atom is -0.480 e. The third-order valence-electron chi connectivity index (χ3n) is 2.12. The van der Waals surface area contributed by atoms with Gasteiger partial charge in [-0.25, -0.2) is 4.79 Å². The molecule has 0 radical (unpaired) electrons. The van der Waals surface area contributed by atoms with Crippen LogP contribution >= 0.6 is 23.5 Å². The van der Waals surface area contributed by atoms with E-state index in [-0.39, 0.29) is 10.7 Å². The summed E-state index contributed by atoms with van der Waals surface area (Å²) in [6.45, 7) is 6.12. The van der Waals surface area contributed by atoms with Gasteiger partial charge >= 0.3 is 5.97 Å². The monoisotopic (exact) mass is 263 g/mol. The molecule has 0 unspecified atom stereocenters. The molecular weight excluding hydrogens is 246 g/mol. The van der Waals surface area contributed by atoms with E-state index in [2.05, 4.69) is 0 Å². The summed E-state index contributed by atoms with van der Waals surface area (Å²) in [6.07, 6.45) is 0. The average Bonchev–Trinajstić information content (AvgIpc) is 2.61.